The van der Waals surface area contributed by atoms with Gasteiger partial charge < -0.3 is 10.4 Å². The van der Waals surface area contributed by atoms with Gasteiger partial charge in [-0.1, -0.05) is 12.3 Å². The SMILES string of the molecule is C#CCN1CCCC[C@@H]1C(=O)NC[C@](C)(O)c1cnn(C)c1. The van der Waals surface area contributed by atoms with Crippen molar-refractivity contribution in [2.75, 3.05) is 19.6 Å². The zero-order valence-electron chi connectivity index (χ0n) is 13.2. The second kappa shape index (κ2) is 6.95. The van der Waals surface area contributed by atoms with E-state index in [1.807, 2.05) is 4.90 Å². The van der Waals surface area contributed by atoms with Crippen LogP contribution in [0.15, 0.2) is 12.4 Å². The third kappa shape index (κ3) is 3.87. The summed E-state index contributed by atoms with van der Waals surface area (Å²) in [6.45, 7) is 3.15. The van der Waals surface area contributed by atoms with Crippen LogP contribution in [0.2, 0.25) is 0 Å². The highest BCUT2D eigenvalue weighted by Crippen LogP contribution is 2.20. The fourth-order valence-corrected chi connectivity index (χ4v) is 2.77. The summed E-state index contributed by atoms with van der Waals surface area (Å²) in [5.41, 5.74) is -0.463. The minimum atomic E-state index is -1.14. The van der Waals surface area contributed by atoms with Crippen LogP contribution in [0.4, 0.5) is 0 Å². The summed E-state index contributed by atoms with van der Waals surface area (Å²) in [7, 11) is 1.79. The Hall–Kier alpha value is -1.84. The summed E-state index contributed by atoms with van der Waals surface area (Å²) in [5, 5.41) is 17.4. The number of hydrogen-bond donors (Lipinski definition) is 2. The lowest BCUT2D eigenvalue weighted by Crippen LogP contribution is -2.51. The number of nitrogens with zero attached hydrogens (tertiary/aromatic N) is 3. The Kier molecular flexibility index (Phi) is 5.22. The van der Waals surface area contributed by atoms with Crippen LogP contribution in [-0.2, 0) is 17.4 Å². The lowest BCUT2D eigenvalue weighted by molar-refractivity contribution is -0.128. The molecule has 22 heavy (non-hydrogen) atoms. The van der Waals surface area contributed by atoms with Crippen molar-refractivity contribution in [2.24, 2.45) is 7.05 Å². The van der Waals surface area contributed by atoms with E-state index in [0.29, 0.717) is 12.1 Å². The van der Waals surface area contributed by atoms with Gasteiger partial charge in [-0.2, -0.15) is 5.10 Å². The number of rotatable bonds is 5. The molecule has 1 amide bonds. The van der Waals surface area contributed by atoms with Crippen LogP contribution in [0.5, 0.6) is 0 Å². The van der Waals surface area contributed by atoms with E-state index < -0.39 is 5.60 Å². The molecule has 1 aromatic rings. The first-order valence-corrected chi connectivity index (χ1v) is 7.61. The third-order valence-corrected chi connectivity index (χ3v) is 4.14. The highest BCUT2D eigenvalue weighted by atomic mass is 16.3. The molecule has 120 valence electrons. The Morgan fingerprint density at radius 3 is 3.05 bits per heavy atom. The quantitative estimate of drug-likeness (QED) is 0.764. The molecule has 2 atom stereocenters. The molecule has 6 nitrogen and oxygen atoms in total. The average molecular weight is 304 g/mol. The number of carbonyl (C=O) groups excluding carboxylic acids is 1. The molecule has 0 aliphatic carbocycles. The molecule has 1 aliphatic rings. The van der Waals surface area contributed by atoms with Gasteiger partial charge in [0.25, 0.3) is 0 Å². The molecule has 1 fully saturated rings. The number of aliphatic hydroxyl groups is 1. The molecule has 0 bridgehead atoms. The monoisotopic (exact) mass is 304 g/mol. The number of nitrogens with one attached hydrogen (secondary N) is 1. The van der Waals surface area contributed by atoms with Gasteiger partial charge in [0, 0.05) is 18.8 Å². The number of likely N-dealkylation sites (tertiary alicyclic amines) is 1. The number of piperidine rings is 1. The van der Waals surface area contributed by atoms with Gasteiger partial charge in [0.05, 0.1) is 25.3 Å². The lowest BCUT2D eigenvalue weighted by Gasteiger charge is -2.34. The minimum absolute atomic E-state index is 0.0703. The van der Waals surface area contributed by atoms with Crippen LogP contribution in [0.3, 0.4) is 0 Å². The van der Waals surface area contributed by atoms with Crippen LogP contribution in [0.25, 0.3) is 0 Å². The van der Waals surface area contributed by atoms with Crippen LogP contribution in [0.1, 0.15) is 31.7 Å². The van der Waals surface area contributed by atoms with Crippen molar-refractivity contribution in [3.8, 4) is 12.3 Å². The van der Waals surface area contributed by atoms with Gasteiger partial charge in [0.15, 0.2) is 0 Å². The van der Waals surface area contributed by atoms with E-state index >= 15 is 0 Å². The Bertz CT molecular complexity index is 559. The van der Waals surface area contributed by atoms with Crippen LogP contribution in [0, 0.1) is 12.3 Å². The first-order valence-electron chi connectivity index (χ1n) is 7.61. The van der Waals surface area contributed by atoms with Crippen molar-refractivity contribution in [1.29, 1.82) is 0 Å². The smallest absolute Gasteiger partial charge is 0.237 e. The summed E-state index contributed by atoms with van der Waals surface area (Å²) < 4.78 is 1.63. The topological polar surface area (TPSA) is 70.4 Å². The van der Waals surface area contributed by atoms with Gasteiger partial charge >= 0.3 is 0 Å². The summed E-state index contributed by atoms with van der Waals surface area (Å²) in [5.74, 6) is 2.54. The first kappa shape index (κ1) is 16.5. The fraction of sp³-hybridized carbons (Fsp3) is 0.625. The molecule has 0 saturated carbocycles. The second-order valence-corrected chi connectivity index (χ2v) is 6.08. The predicted octanol–water partition coefficient (Wildman–Crippen LogP) is 0.232. The number of aromatic nitrogens is 2. The van der Waals surface area contributed by atoms with E-state index in [0.717, 1.165) is 25.8 Å². The maximum absolute atomic E-state index is 12.4. The molecule has 2 N–H and O–H groups in total. The Morgan fingerprint density at radius 2 is 2.41 bits per heavy atom. The molecule has 2 rings (SSSR count). The molecule has 6 heteroatoms. The predicted molar refractivity (Wildman–Crippen MR) is 83.8 cm³/mol. The van der Waals surface area contributed by atoms with E-state index in [4.69, 9.17) is 6.42 Å². The van der Waals surface area contributed by atoms with Crippen molar-refractivity contribution in [3.63, 3.8) is 0 Å². The fourth-order valence-electron chi connectivity index (χ4n) is 2.77. The van der Waals surface area contributed by atoms with Crippen LogP contribution in [-0.4, -0.2) is 51.4 Å². The number of aryl methyl sites for hydroxylation is 1. The van der Waals surface area contributed by atoms with E-state index in [1.54, 1.807) is 31.0 Å². The van der Waals surface area contributed by atoms with Crippen molar-refractivity contribution in [1.82, 2.24) is 20.0 Å². The maximum Gasteiger partial charge on any atom is 0.237 e. The number of hydrogen-bond acceptors (Lipinski definition) is 4. The Labute approximate surface area is 131 Å². The molecule has 0 aromatic carbocycles. The molecule has 1 aromatic heterocycles. The molecule has 1 saturated heterocycles. The van der Waals surface area contributed by atoms with Crippen molar-refractivity contribution in [3.05, 3.63) is 18.0 Å². The van der Waals surface area contributed by atoms with Gasteiger partial charge in [-0.25, -0.2) is 0 Å². The molecule has 0 radical (unpaired) electrons. The largest absolute Gasteiger partial charge is 0.383 e. The zero-order chi connectivity index (χ0) is 16.2. The number of carbonyl (C=O) groups is 1. The summed E-state index contributed by atoms with van der Waals surface area (Å²) >= 11 is 0. The van der Waals surface area contributed by atoms with Crippen molar-refractivity contribution < 1.29 is 9.90 Å². The zero-order valence-corrected chi connectivity index (χ0v) is 13.2. The van der Waals surface area contributed by atoms with Crippen LogP contribution >= 0.6 is 0 Å². The van der Waals surface area contributed by atoms with Crippen LogP contribution < -0.4 is 5.32 Å². The number of amides is 1. The van der Waals surface area contributed by atoms with Gasteiger partial charge in [0.1, 0.15) is 5.60 Å². The summed E-state index contributed by atoms with van der Waals surface area (Å²) in [6.07, 6.45) is 11.6. The molecular weight excluding hydrogens is 280 g/mol. The standard InChI is InChI=1S/C16H24N4O2/c1-4-8-20-9-6-5-7-14(20)15(21)17-12-16(2,22)13-10-18-19(3)11-13/h1,10-11,14,22H,5-9,12H2,2-3H3,(H,17,21)/t14-,16+/m1/s1. The highest BCUT2D eigenvalue weighted by Gasteiger charge is 2.31. The number of terminal acetylenes is 1. The third-order valence-electron chi connectivity index (χ3n) is 4.14. The first-order chi connectivity index (χ1) is 10.4. The van der Waals surface area contributed by atoms with Crippen molar-refractivity contribution >= 4 is 5.91 Å². The molecule has 0 spiro atoms. The van der Waals surface area contributed by atoms with Gasteiger partial charge in [0.2, 0.25) is 5.91 Å². The Morgan fingerprint density at radius 1 is 1.64 bits per heavy atom. The van der Waals surface area contributed by atoms with E-state index in [-0.39, 0.29) is 18.5 Å². The average Bonchev–Trinajstić information content (AvgIpc) is 2.93. The summed E-state index contributed by atoms with van der Waals surface area (Å²) in [6, 6.07) is -0.200. The molecule has 0 unspecified atom stereocenters. The van der Waals surface area contributed by atoms with E-state index in [1.165, 1.54) is 0 Å². The molecular formula is C16H24N4O2. The normalized spacial score (nSPS) is 21.8. The van der Waals surface area contributed by atoms with Gasteiger partial charge in [-0.15, -0.1) is 6.42 Å². The minimum Gasteiger partial charge on any atom is -0.383 e. The van der Waals surface area contributed by atoms with E-state index in [2.05, 4.69) is 16.3 Å². The lowest BCUT2D eigenvalue weighted by atomic mass is 9.98. The highest BCUT2D eigenvalue weighted by molar-refractivity contribution is 5.82. The second-order valence-electron chi connectivity index (χ2n) is 6.08. The maximum atomic E-state index is 12.4. The molecule has 2 heterocycles. The summed E-state index contributed by atoms with van der Waals surface area (Å²) in [4.78, 5) is 14.4. The van der Waals surface area contributed by atoms with Crippen molar-refractivity contribution in [2.45, 2.75) is 37.8 Å². The van der Waals surface area contributed by atoms with Gasteiger partial charge in [-0.05, 0) is 26.3 Å². The van der Waals surface area contributed by atoms with E-state index in [9.17, 15) is 9.90 Å². The molecule has 1 aliphatic heterocycles. The van der Waals surface area contributed by atoms with Gasteiger partial charge in [-0.3, -0.25) is 14.4 Å². The Balaban J connectivity index is 1.95.